The lowest BCUT2D eigenvalue weighted by molar-refractivity contribution is 0.576. The number of sulfonamides is 1. The van der Waals surface area contributed by atoms with E-state index < -0.39 is 15.3 Å². The smallest absolute Gasteiger partial charge is 0.227 e. The molecule has 1 aromatic heterocycles. The van der Waals surface area contributed by atoms with Crippen LogP contribution in [0.15, 0.2) is 6.20 Å². The quantitative estimate of drug-likeness (QED) is 0.808. The molecule has 0 bridgehead atoms. The Bertz CT molecular complexity index is 512. The molecule has 0 saturated carbocycles. The first-order chi connectivity index (χ1) is 7.38. The van der Waals surface area contributed by atoms with E-state index in [1.165, 1.54) is 6.92 Å². The first kappa shape index (κ1) is 12.7. The van der Waals surface area contributed by atoms with Crippen LogP contribution >= 0.6 is 0 Å². The van der Waals surface area contributed by atoms with Gasteiger partial charge in [-0.3, -0.25) is 4.68 Å². The lowest BCUT2D eigenvalue weighted by Gasteiger charge is -2.07. The van der Waals surface area contributed by atoms with Crippen LogP contribution in [-0.2, 0) is 23.6 Å². The molecule has 0 aromatic carbocycles. The number of aromatic nitrogens is 2. The second kappa shape index (κ2) is 4.63. The van der Waals surface area contributed by atoms with Crippen LogP contribution < -0.4 is 4.72 Å². The van der Waals surface area contributed by atoms with Crippen molar-refractivity contribution in [2.75, 3.05) is 0 Å². The molecule has 0 spiro atoms. The van der Waals surface area contributed by atoms with Crippen molar-refractivity contribution in [1.82, 2.24) is 14.5 Å². The Kier molecular flexibility index (Phi) is 3.67. The topological polar surface area (TPSA) is 87.8 Å². The maximum atomic E-state index is 11.5. The van der Waals surface area contributed by atoms with Crippen LogP contribution in [0.5, 0.6) is 0 Å². The summed E-state index contributed by atoms with van der Waals surface area (Å²) >= 11 is 0. The third-order valence-electron chi connectivity index (χ3n) is 2.45. The number of nitriles is 1. The highest BCUT2D eigenvalue weighted by Crippen LogP contribution is 2.06. The molecular weight excluding hydrogens is 228 g/mol. The molecular formula is C9H14N4O2S. The van der Waals surface area contributed by atoms with Gasteiger partial charge in [-0.2, -0.15) is 10.4 Å². The lowest BCUT2D eigenvalue weighted by atomic mass is 10.3. The molecule has 88 valence electrons. The summed E-state index contributed by atoms with van der Waals surface area (Å²) in [6.45, 7) is 3.36. The van der Waals surface area contributed by atoms with Gasteiger partial charge in [0.15, 0.2) is 5.25 Å². The van der Waals surface area contributed by atoms with Gasteiger partial charge in [-0.25, -0.2) is 13.1 Å². The van der Waals surface area contributed by atoms with Crippen LogP contribution in [0, 0.1) is 18.3 Å². The molecule has 1 atom stereocenters. The summed E-state index contributed by atoms with van der Waals surface area (Å²) in [5, 5.41) is 11.5. The van der Waals surface area contributed by atoms with Crippen molar-refractivity contribution in [3.63, 3.8) is 0 Å². The molecule has 1 rings (SSSR count). The molecule has 0 radical (unpaired) electrons. The van der Waals surface area contributed by atoms with E-state index in [1.807, 2.05) is 6.92 Å². The molecule has 0 amide bonds. The van der Waals surface area contributed by atoms with Crippen molar-refractivity contribution in [2.24, 2.45) is 7.05 Å². The Morgan fingerprint density at radius 2 is 2.31 bits per heavy atom. The van der Waals surface area contributed by atoms with Crippen molar-refractivity contribution >= 4 is 10.0 Å². The van der Waals surface area contributed by atoms with Gasteiger partial charge >= 0.3 is 0 Å². The van der Waals surface area contributed by atoms with E-state index in [9.17, 15) is 8.42 Å². The van der Waals surface area contributed by atoms with Crippen LogP contribution in [0.1, 0.15) is 18.2 Å². The molecule has 0 saturated heterocycles. The van der Waals surface area contributed by atoms with Crippen LogP contribution in [0.3, 0.4) is 0 Å². The van der Waals surface area contributed by atoms with Gasteiger partial charge in [0, 0.05) is 24.8 Å². The first-order valence-corrected chi connectivity index (χ1v) is 6.28. The van der Waals surface area contributed by atoms with Crippen molar-refractivity contribution in [1.29, 1.82) is 5.26 Å². The van der Waals surface area contributed by atoms with Gasteiger partial charge in [0.1, 0.15) is 0 Å². The number of hydrogen-bond donors (Lipinski definition) is 1. The monoisotopic (exact) mass is 242 g/mol. The largest absolute Gasteiger partial charge is 0.273 e. The summed E-state index contributed by atoms with van der Waals surface area (Å²) in [5.41, 5.74) is 1.70. The molecule has 16 heavy (non-hydrogen) atoms. The van der Waals surface area contributed by atoms with E-state index in [4.69, 9.17) is 5.26 Å². The van der Waals surface area contributed by atoms with Gasteiger partial charge in [0.05, 0.1) is 12.3 Å². The Hall–Kier alpha value is -1.39. The molecule has 0 aliphatic heterocycles. The zero-order valence-electron chi connectivity index (χ0n) is 9.43. The van der Waals surface area contributed by atoms with E-state index in [0.29, 0.717) is 0 Å². The van der Waals surface area contributed by atoms with E-state index in [2.05, 4.69) is 9.82 Å². The molecule has 7 heteroatoms. The standard InChI is InChI=1S/C9H14N4O2S/c1-7(4-10)16(14,15)12-6-9-5-11-13(3)8(9)2/h5,7,12H,6H2,1-3H3. The fraction of sp³-hybridized carbons (Fsp3) is 0.556. The molecule has 1 heterocycles. The number of hydrogen-bond acceptors (Lipinski definition) is 4. The third kappa shape index (κ3) is 2.59. The fourth-order valence-electron chi connectivity index (χ4n) is 1.09. The molecule has 1 unspecified atom stereocenters. The molecule has 0 fully saturated rings. The number of aryl methyl sites for hydroxylation is 1. The Morgan fingerprint density at radius 1 is 1.69 bits per heavy atom. The maximum absolute atomic E-state index is 11.5. The highest BCUT2D eigenvalue weighted by atomic mass is 32.2. The normalized spacial score (nSPS) is 13.4. The van der Waals surface area contributed by atoms with Gasteiger partial charge in [0.25, 0.3) is 0 Å². The summed E-state index contributed by atoms with van der Waals surface area (Å²) in [7, 11) is -1.78. The van der Waals surface area contributed by atoms with E-state index in [1.54, 1.807) is 24.0 Å². The van der Waals surface area contributed by atoms with Crippen molar-refractivity contribution in [3.8, 4) is 6.07 Å². The van der Waals surface area contributed by atoms with Gasteiger partial charge in [-0.15, -0.1) is 0 Å². The van der Waals surface area contributed by atoms with Crippen LogP contribution in [0.4, 0.5) is 0 Å². The molecule has 0 aliphatic carbocycles. The second-order valence-electron chi connectivity index (χ2n) is 3.52. The molecule has 1 N–H and O–H groups in total. The van der Waals surface area contributed by atoms with Crippen LogP contribution in [-0.4, -0.2) is 23.4 Å². The number of nitrogens with zero attached hydrogens (tertiary/aromatic N) is 3. The second-order valence-corrected chi connectivity index (χ2v) is 5.60. The lowest BCUT2D eigenvalue weighted by Crippen LogP contribution is -2.31. The highest BCUT2D eigenvalue weighted by Gasteiger charge is 2.19. The minimum absolute atomic E-state index is 0.161. The molecule has 6 nitrogen and oxygen atoms in total. The minimum atomic E-state index is -3.56. The van der Waals surface area contributed by atoms with Crippen LogP contribution in [0.2, 0.25) is 0 Å². The number of nitrogens with one attached hydrogen (secondary N) is 1. The Balaban J connectivity index is 2.73. The van der Waals surface area contributed by atoms with Crippen LogP contribution in [0.25, 0.3) is 0 Å². The summed E-state index contributed by atoms with van der Waals surface area (Å²) in [6.07, 6.45) is 1.61. The average Bonchev–Trinajstić information content (AvgIpc) is 2.56. The fourth-order valence-corrected chi connectivity index (χ4v) is 1.84. The van der Waals surface area contributed by atoms with Gasteiger partial charge in [-0.1, -0.05) is 0 Å². The van der Waals surface area contributed by atoms with Gasteiger partial charge < -0.3 is 0 Å². The predicted molar refractivity (Wildman–Crippen MR) is 58.8 cm³/mol. The Labute approximate surface area is 94.9 Å². The minimum Gasteiger partial charge on any atom is -0.273 e. The van der Waals surface area contributed by atoms with Gasteiger partial charge in [0.2, 0.25) is 10.0 Å². The third-order valence-corrected chi connectivity index (χ3v) is 4.03. The Morgan fingerprint density at radius 3 is 2.75 bits per heavy atom. The highest BCUT2D eigenvalue weighted by molar-refractivity contribution is 7.90. The van der Waals surface area contributed by atoms with E-state index in [0.717, 1.165) is 11.3 Å². The van der Waals surface area contributed by atoms with Crippen molar-refractivity contribution in [3.05, 3.63) is 17.5 Å². The SMILES string of the molecule is Cc1c(CNS(=O)(=O)C(C)C#N)cnn1C. The predicted octanol–water partition coefficient (Wildman–Crippen LogP) is 0.0600. The summed E-state index contributed by atoms with van der Waals surface area (Å²) < 4.78 is 27.0. The zero-order valence-corrected chi connectivity index (χ0v) is 10.2. The summed E-state index contributed by atoms with van der Waals surface area (Å²) in [4.78, 5) is 0. The summed E-state index contributed by atoms with van der Waals surface area (Å²) in [5.74, 6) is 0. The van der Waals surface area contributed by atoms with E-state index in [-0.39, 0.29) is 6.54 Å². The van der Waals surface area contributed by atoms with Crippen molar-refractivity contribution in [2.45, 2.75) is 25.6 Å². The zero-order chi connectivity index (χ0) is 12.3. The summed E-state index contributed by atoms with van der Waals surface area (Å²) in [6, 6.07) is 1.69. The average molecular weight is 242 g/mol. The van der Waals surface area contributed by atoms with Crippen molar-refractivity contribution < 1.29 is 8.42 Å². The number of rotatable bonds is 4. The molecule has 0 aliphatic rings. The maximum Gasteiger partial charge on any atom is 0.227 e. The first-order valence-electron chi connectivity index (χ1n) is 4.74. The van der Waals surface area contributed by atoms with E-state index >= 15 is 0 Å². The van der Waals surface area contributed by atoms with Gasteiger partial charge in [-0.05, 0) is 13.8 Å². The molecule has 1 aromatic rings.